The number of aryl methyl sites for hydroxylation is 1. The molecule has 0 N–H and O–H groups in total. The van der Waals surface area contributed by atoms with Gasteiger partial charge in [0.1, 0.15) is 14.8 Å². The van der Waals surface area contributed by atoms with Crippen LogP contribution in [-0.2, 0) is 0 Å². The molecule has 0 bridgehead atoms. The highest BCUT2D eigenvalue weighted by molar-refractivity contribution is 6.57. The van der Waals surface area contributed by atoms with Gasteiger partial charge in [-0.2, -0.15) is 0 Å². The Hall–Kier alpha value is -0.280. The number of aromatic nitrogens is 1. The van der Waals surface area contributed by atoms with Crippen LogP contribution in [0.4, 0.5) is 0 Å². The minimum atomic E-state index is -0.401. The zero-order valence-electron chi connectivity index (χ0n) is 7.52. The summed E-state index contributed by atoms with van der Waals surface area (Å²) >= 11 is 22.2. The van der Waals surface area contributed by atoms with E-state index < -0.39 is 5.78 Å². The molecular weight excluding hydrogens is 280 g/mol. The molecule has 0 atom stereocenters. The molecule has 1 heterocycles. The van der Waals surface area contributed by atoms with Gasteiger partial charge in [-0.05, 0) is 18.6 Å². The number of hydrogen-bond donors (Lipinski definition) is 0. The van der Waals surface area contributed by atoms with Gasteiger partial charge in [-0.25, -0.2) is 4.98 Å². The first kappa shape index (κ1) is 12.8. The van der Waals surface area contributed by atoms with Gasteiger partial charge in [0.05, 0.1) is 5.56 Å². The zero-order valence-corrected chi connectivity index (χ0v) is 10.5. The van der Waals surface area contributed by atoms with Crippen LogP contribution < -0.4 is 0 Å². The molecule has 0 fully saturated rings. The Morgan fingerprint density at radius 2 is 2.00 bits per heavy atom. The number of carbonyl (C=O) groups excluding carboxylic acids is 1. The Labute approximate surface area is 107 Å². The van der Waals surface area contributed by atoms with Gasteiger partial charge in [-0.3, -0.25) is 4.79 Å². The standard InChI is InChI=1S/C9H5Cl4NO/c1-4-2-7(12)14-9(13)8(4)5(15)3-6(10)11/h2-3H,1H3. The van der Waals surface area contributed by atoms with E-state index in [1.54, 1.807) is 6.92 Å². The molecule has 0 saturated carbocycles. The molecule has 0 aliphatic heterocycles. The van der Waals surface area contributed by atoms with Gasteiger partial charge in [-0.15, -0.1) is 0 Å². The molecule has 1 rings (SSSR count). The molecule has 0 saturated heterocycles. The lowest BCUT2D eigenvalue weighted by atomic mass is 10.1. The van der Waals surface area contributed by atoms with Gasteiger partial charge in [0.15, 0.2) is 5.78 Å². The van der Waals surface area contributed by atoms with Crippen molar-refractivity contribution < 1.29 is 4.79 Å². The van der Waals surface area contributed by atoms with Crippen molar-refractivity contribution in [1.82, 2.24) is 4.98 Å². The van der Waals surface area contributed by atoms with Crippen molar-refractivity contribution in [1.29, 1.82) is 0 Å². The lowest BCUT2D eigenvalue weighted by Gasteiger charge is -2.04. The fourth-order valence-electron chi connectivity index (χ4n) is 1.06. The second-order valence-corrected chi connectivity index (χ2v) is 4.48. The smallest absolute Gasteiger partial charge is 0.191 e. The number of rotatable bonds is 2. The van der Waals surface area contributed by atoms with Crippen LogP contribution in [0.3, 0.4) is 0 Å². The highest BCUT2D eigenvalue weighted by Gasteiger charge is 2.14. The summed E-state index contributed by atoms with van der Waals surface area (Å²) in [6, 6.07) is 1.54. The van der Waals surface area contributed by atoms with E-state index in [0.29, 0.717) is 5.56 Å². The second-order valence-electron chi connectivity index (χ2n) is 2.73. The van der Waals surface area contributed by atoms with Crippen LogP contribution in [0.5, 0.6) is 0 Å². The van der Waals surface area contributed by atoms with Crippen LogP contribution in [0.15, 0.2) is 16.6 Å². The van der Waals surface area contributed by atoms with E-state index in [1.807, 2.05) is 0 Å². The summed E-state index contributed by atoms with van der Waals surface area (Å²) in [5.41, 5.74) is 0.871. The lowest BCUT2D eigenvalue weighted by Crippen LogP contribution is -2.01. The molecule has 0 unspecified atom stereocenters. The third-order valence-electron chi connectivity index (χ3n) is 1.63. The van der Waals surface area contributed by atoms with Crippen molar-refractivity contribution in [2.24, 2.45) is 0 Å². The number of hydrogen-bond acceptors (Lipinski definition) is 2. The van der Waals surface area contributed by atoms with E-state index in [2.05, 4.69) is 4.98 Å². The van der Waals surface area contributed by atoms with Crippen molar-refractivity contribution in [3.8, 4) is 0 Å². The number of nitrogens with zero attached hydrogens (tertiary/aromatic N) is 1. The first-order valence-electron chi connectivity index (χ1n) is 3.81. The van der Waals surface area contributed by atoms with Crippen LogP contribution in [0.2, 0.25) is 10.3 Å². The van der Waals surface area contributed by atoms with Crippen molar-refractivity contribution in [3.05, 3.63) is 38.1 Å². The first-order chi connectivity index (χ1) is 6.91. The molecule has 0 amide bonds. The Balaban J connectivity index is 3.26. The first-order valence-corrected chi connectivity index (χ1v) is 5.32. The summed E-state index contributed by atoms with van der Waals surface area (Å²) in [4.78, 5) is 15.4. The van der Waals surface area contributed by atoms with Gasteiger partial charge in [0.25, 0.3) is 0 Å². The quantitative estimate of drug-likeness (QED) is 0.463. The maximum absolute atomic E-state index is 11.6. The highest BCUT2D eigenvalue weighted by Crippen LogP contribution is 2.23. The number of allylic oxidation sites excluding steroid dienone is 1. The van der Waals surface area contributed by atoms with E-state index in [9.17, 15) is 4.79 Å². The summed E-state index contributed by atoms with van der Waals surface area (Å²) in [6.45, 7) is 1.70. The van der Waals surface area contributed by atoms with Gasteiger partial charge >= 0.3 is 0 Å². The molecule has 15 heavy (non-hydrogen) atoms. The average molecular weight is 285 g/mol. The van der Waals surface area contributed by atoms with Gasteiger partial charge in [0.2, 0.25) is 0 Å². The number of pyridine rings is 1. The topological polar surface area (TPSA) is 30.0 Å². The molecule has 2 nitrogen and oxygen atoms in total. The summed E-state index contributed by atoms with van der Waals surface area (Å²) < 4.78 is -0.134. The third kappa shape index (κ3) is 3.35. The zero-order chi connectivity index (χ0) is 11.6. The molecule has 0 aliphatic rings. The second kappa shape index (κ2) is 5.17. The van der Waals surface area contributed by atoms with E-state index in [-0.39, 0.29) is 20.4 Å². The summed E-state index contributed by atoms with van der Waals surface area (Å²) in [7, 11) is 0. The Morgan fingerprint density at radius 3 is 2.47 bits per heavy atom. The van der Waals surface area contributed by atoms with Gasteiger partial charge in [-0.1, -0.05) is 46.4 Å². The van der Waals surface area contributed by atoms with Gasteiger partial charge < -0.3 is 0 Å². The van der Waals surface area contributed by atoms with Crippen molar-refractivity contribution in [3.63, 3.8) is 0 Å². The van der Waals surface area contributed by atoms with E-state index in [0.717, 1.165) is 6.08 Å². The molecule has 0 aliphatic carbocycles. The highest BCUT2D eigenvalue weighted by atomic mass is 35.5. The molecule has 0 radical (unpaired) electrons. The fourth-order valence-corrected chi connectivity index (χ4v) is 1.89. The third-order valence-corrected chi connectivity index (χ3v) is 2.31. The molecule has 80 valence electrons. The van der Waals surface area contributed by atoms with Crippen LogP contribution in [-0.4, -0.2) is 10.8 Å². The molecule has 1 aromatic heterocycles. The van der Waals surface area contributed by atoms with Crippen LogP contribution >= 0.6 is 46.4 Å². The predicted octanol–water partition coefficient (Wildman–Crippen LogP) is 4.20. The minimum absolute atomic E-state index is 0.0378. The Morgan fingerprint density at radius 1 is 1.40 bits per heavy atom. The Kier molecular flexibility index (Phi) is 4.41. The molecule has 0 aromatic carbocycles. The van der Waals surface area contributed by atoms with Crippen LogP contribution in [0.1, 0.15) is 15.9 Å². The number of ketones is 1. The molecular formula is C9H5Cl4NO. The van der Waals surface area contributed by atoms with E-state index in [4.69, 9.17) is 46.4 Å². The van der Waals surface area contributed by atoms with Crippen LogP contribution in [0, 0.1) is 6.92 Å². The summed E-state index contributed by atoms with van der Waals surface area (Å²) in [5.74, 6) is -0.401. The predicted molar refractivity (Wildman–Crippen MR) is 63.1 cm³/mol. The maximum atomic E-state index is 11.6. The van der Waals surface area contributed by atoms with Gasteiger partial charge in [0, 0.05) is 6.08 Å². The molecule has 6 heteroatoms. The number of carbonyl (C=O) groups is 1. The Bertz CT molecular complexity index is 415. The SMILES string of the molecule is Cc1cc(Cl)nc(Cl)c1C(=O)C=C(Cl)Cl. The van der Waals surface area contributed by atoms with Crippen molar-refractivity contribution in [2.75, 3.05) is 0 Å². The largest absolute Gasteiger partial charge is 0.289 e. The van der Waals surface area contributed by atoms with E-state index >= 15 is 0 Å². The number of halogens is 4. The maximum Gasteiger partial charge on any atom is 0.191 e. The van der Waals surface area contributed by atoms with Crippen molar-refractivity contribution in [2.45, 2.75) is 6.92 Å². The average Bonchev–Trinajstić information content (AvgIpc) is 1.99. The monoisotopic (exact) mass is 283 g/mol. The normalized spacial score (nSPS) is 9.93. The van der Waals surface area contributed by atoms with E-state index in [1.165, 1.54) is 6.07 Å². The molecule has 0 spiro atoms. The summed E-state index contributed by atoms with van der Waals surface area (Å²) in [5, 5.41) is 0.269. The summed E-state index contributed by atoms with van der Waals surface area (Å²) in [6.07, 6.45) is 1.06. The lowest BCUT2D eigenvalue weighted by molar-refractivity contribution is 0.104. The van der Waals surface area contributed by atoms with Crippen LogP contribution in [0.25, 0.3) is 0 Å². The molecule has 1 aromatic rings. The fraction of sp³-hybridized carbons (Fsp3) is 0.111. The minimum Gasteiger partial charge on any atom is -0.289 e. The van der Waals surface area contributed by atoms with Crippen molar-refractivity contribution >= 4 is 52.2 Å².